The van der Waals surface area contributed by atoms with Gasteiger partial charge in [0.2, 0.25) is 0 Å². The van der Waals surface area contributed by atoms with Crippen LogP contribution in [0.25, 0.3) is 10.8 Å². The monoisotopic (exact) mass is 408 g/mol. The molecule has 2 heterocycles. The number of aliphatic hydroxyl groups is 1. The zero-order valence-electron chi connectivity index (χ0n) is 15.1. The first-order valence-corrected chi connectivity index (χ1v) is 10.5. The summed E-state index contributed by atoms with van der Waals surface area (Å²) in [5.74, 6) is -0.973. The molecule has 3 aromatic rings. The molecule has 0 spiro atoms. The van der Waals surface area contributed by atoms with E-state index in [9.17, 15) is 23.1 Å². The fraction of sp³-hybridized carbons (Fsp3) is 0.143. The Morgan fingerprint density at radius 2 is 1.45 bits per heavy atom. The number of rotatable bonds is 4. The molecule has 8 heteroatoms. The van der Waals surface area contributed by atoms with Crippen LogP contribution >= 0.6 is 0 Å². The molecule has 0 saturated carbocycles. The fourth-order valence-electron chi connectivity index (χ4n) is 4.02. The molecule has 3 aromatic carbocycles. The summed E-state index contributed by atoms with van der Waals surface area (Å²) < 4.78 is 27.2. The van der Waals surface area contributed by atoms with E-state index < -0.39 is 27.9 Å². The summed E-state index contributed by atoms with van der Waals surface area (Å²) in [7, 11) is -3.82. The number of aliphatic hydroxyl groups excluding tert-OH is 1. The average molecular weight is 408 g/mol. The lowest BCUT2D eigenvalue weighted by atomic mass is 10.1. The number of benzene rings is 3. The van der Waals surface area contributed by atoms with Gasteiger partial charge < -0.3 is 5.11 Å². The lowest BCUT2D eigenvalue weighted by molar-refractivity contribution is 0.0555. The molecule has 1 N–H and O–H groups in total. The van der Waals surface area contributed by atoms with Crippen molar-refractivity contribution >= 4 is 38.3 Å². The van der Waals surface area contributed by atoms with Gasteiger partial charge in [0.1, 0.15) is 0 Å². The van der Waals surface area contributed by atoms with Crippen LogP contribution in [0.4, 0.5) is 5.69 Å². The van der Waals surface area contributed by atoms with Crippen molar-refractivity contribution in [1.82, 2.24) is 4.90 Å². The van der Waals surface area contributed by atoms with Crippen molar-refractivity contribution < 1.29 is 23.1 Å². The number of amides is 2. The van der Waals surface area contributed by atoms with Gasteiger partial charge in [0.05, 0.1) is 40.9 Å². The first kappa shape index (κ1) is 17.8. The summed E-state index contributed by atoms with van der Waals surface area (Å²) in [6.07, 6.45) is -1.24. The van der Waals surface area contributed by atoms with Crippen LogP contribution in [0.15, 0.2) is 65.6 Å². The van der Waals surface area contributed by atoms with Crippen LogP contribution < -0.4 is 4.31 Å². The maximum Gasteiger partial charge on any atom is 0.265 e. The Hall–Kier alpha value is -3.23. The van der Waals surface area contributed by atoms with Gasteiger partial charge in [-0.15, -0.1) is 0 Å². The van der Waals surface area contributed by atoms with Gasteiger partial charge in [-0.3, -0.25) is 18.8 Å². The van der Waals surface area contributed by atoms with Gasteiger partial charge in [0, 0.05) is 5.39 Å². The van der Waals surface area contributed by atoms with E-state index >= 15 is 0 Å². The number of anilines is 1. The summed E-state index contributed by atoms with van der Waals surface area (Å²) in [6.45, 7) is -0.547. The molecule has 0 aliphatic carbocycles. The third-order valence-electron chi connectivity index (χ3n) is 5.33. The Kier molecular flexibility index (Phi) is 3.77. The zero-order valence-corrected chi connectivity index (χ0v) is 16.0. The van der Waals surface area contributed by atoms with Gasteiger partial charge in [-0.05, 0) is 29.7 Å². The molecule has 0 unspecified atom stereocenters. The van der Waals surface area contributed by atoms with Crippen LogP contribution in [-0.2, 0) is 10.0 Å². The van der Waals surface area contributed by atoms with E-state index in [0.717, 1.165) is 14.6 Å². The number of β-amino-alcohol motifs (C(OH)–C–C–N with tert-alkyl or cyclic N) is 1. The number of hydrogen-bond donors (Lipinski definition) is 1. The molecule has 2 aliphatic rings. The molecule has 29 heavy (non-hydrogen) atoms. The van der Waals surface area contributed by atoms with Gasteiger partial charge in [0.25, 0.3) is 21.8 Å². The molecule has 0 radical (unpaired) electrons. The number of imide groups is 1. The third kappa shape index (κ3) is 2.49. The zero-order chi connectivity index (χ0) is 20.3. The second-order valence-corrected chi connectivity index (χ2v) is 8.92. The molecule has 2 aliphatic heterocycles. The molecule has 0 bridgehead atoms. The van der Waals surface area contributed by atoms with E-state index in [2.05, 4.69) is 0 Å². The lowest BCUT2D eigenvalue weighted by Gasteiger charge is -2.24. The number of carbonyl (C=O) groups is 2. The van der Waals surface area contributed by atoms with Crippen molar-refractivity contribution in [3.63, 3.8) is 0 Å². The highest BCUT2D eigenvalue weighted by Crippen LogP contribution is 2.42. The minimum Gasteiger partial charge on any atom is -0.389 e. The van der Waals surface area contributed by atoms with Crippen LogP contribution in [0, 0.1) is 0 Å². The Labute approximate surface area is 166 Å². The summed E-state index contributed by atoms with van der Waals surface area (Å²) in [4.78, 5) is 26.2. The number of nitrogens with zero attached hydrogens (tertiary/aromatic N) is 2. The largest absolute Gasteiger partial charge is 0.389 e. The van der Waals surface area contributed by atoms with Gasteiger partial charge in [-0.2, -0.15) is 0 Å². The maximum atomic E-state index is 13.0. The fourth-order valence-corrected chi connectivity index (χ4v) is 5.77. The van der Waals surface area contributed by atoms with Gasteiger partial charge in [-0.1, -0.05) is 36.4 Å². The number of hydrogen-bond acceptors (Lipinski definition) is 5. The molecule has 0 aromatic heterocycles. The predicted octanol–water partition coefficient (Wildman–Crippen LogP) is 2.01. The van der Waals surface area contributed by atoms with Crippen molar-refractivity contribution in [3.05, 3.63) is 71.8 Å². The van der Waals surface area contributed by atoms with Crippen molar-refractivity contribution in [2.45, 2.75) is 11.0 Å². The van der Waals surface area contributed by atoms with E-state index in [-0.39, 0.29) is 29.1 Å². The summed E-state index contributed by atoms with van der Waals surface area (Å²) in [6, 6.07) is 16.8. The predicted molar refractivity (Wildman–Crippen MR) is 106 cm³/mol. The first-order chi connectivity index (χ1) is 13.9. The molecule has 0 fully saturated rings. The Morgan fingerprint density at radius 3 is 2.10 bits per heavy atom. The molecule has 1 atom stereocenters. The SMILES string of the molecule is O=C1c2ccccc2C(=O)N1C[C@@H](O)CN1c2cccc3cccc(c23)S1(=O)=O. The van der Waals surface area contributed by atoms with Crippen molar-refractivity contribution in [2.75, 3.05) is 17.4 Å². The van der Waals surface area contributed by atoms with E-state index in [1.54, 1.807) is 42.5 Å². The molecule has 2 amide bonds. The van der Waals surface area contributed by atoms with Crippen LogP contribution in [0.1, 0.15) is 20.7 Å². The maximum absolute atomic E-state index is 13.0. The summed E-state index contributed by atoms with van der Waals surface area (Å²) >= 11 is 0. The lowest BCUT2D eigenvalue weighted by Crippen LogP contribution is -2.43. The van der Waals surface area contributed by atoms with Gasteiger partial charge >= 0.3 is 0 Å². The van der Waals surface area contributed by atoms with Gasteiger partial charge in [0.15, 0.2) is 0 Å². The second kappa shape index (κ2) is 6.13. The summed E-state index contributed by atoms with van der Waals surface area (Å²) in [5.41, 5.74) is 1.06. The molecule has 146 valence electrons. The molecule has 7 nitrogen and oxygen atoms in total. The van der Waals surface area contributed by atoms with E-state index in [1.807, 2.05) is 12.1 Å². The van der Waals surface area contributed by atoms with Crippen LogP contribution in [0.5, 0.6) is 0 Å². The third-order valence-corrected chi connectivity index (χ3v) is 7.15. The van der Waals surface area contributed by atoms with Gasteiger partial charge in [-0.25, -0.2) is 8.42 Å². The van der Waals surface area contributed by atoms with Crippen molar-refractivity contribution in [1.29, 1.82) is 0 Å². The van der Waals surface area contributed by atoms with E-state index in [4.69, 9.17) is 0 Å². The Bertz CT molecular complexity index is 1260. The van der Waals surface area contributed by atoms with Crippen molar-refractivity contribution in [3.8, 4) is 0 Å². The van der Waals surface area contributed by atoms with Crippen LogP contribution in [0.3, 0.4) is 0 Å². The quantitative estimate of drug-likeness (QED) is 0.667. The highest BCUT2D eigenvalue weighted by atomic mass is 32.2. The minimum absolute atomic E-state index is 0.193. The highest BCUT2D eigenvalue weighted by Gasteiger charge is 2.39. The minimum atomic E-state index is -3.82. The number of carbonyl (C=O) groups excluding carboxylic acids is 2. The molecule has 5 rings (SSSR count). The summed E-state index contributed by atoms with van der Waals surface area (Å²) in [5, 5.41) is 12.0. The molecular weight excluding hydrogens is 392 g/mol. The highest BCUT2D eigenvalue weighted by molar-refractivity contribution is 7.93. The van der Waals surface area contributed by atoms with E-state index in [0.29, 0.717) is 11.1 Å². The van der Waals surface area contributed by atoms with Crippen LogP contribution in [0.2, 0.25) is 0 Å². The Morgan fingerprint density at radius 1 is 0.828 bits per heavy atom. The average Bonchev–Trinajstić information content (AvgIpc) is 3.08. The standard InChI is InChI=1S/C21H16N2O5S/c24-14(11-22-20(25)15-7-1-2-8-16(15)21(22)26)12-23-17-9-3-5-13-6-4-10-18(19(13)17)29(23,27)28/h1-10,14,24H,11-12H2/t14-/m1/s1. The smallest absolute Gasteiger partial charge is 0.265 e. The Balaban J connectivity index is 1.43. The number of fused-ring (bicyclic) bond motifs is 1. The first-order valence-electron chi connectivity index (χ1n) is 9.07. The van der Waals surface area contributed by atoms with Crippen molar-refractivity contribution in [2.24, 2.45) is 0 Å². The molecule has 0 saturated heterocycles. The second-order valence-electron chi connectivity index (χ2n) is 7.09. The molecular formula is C21H16N2O5S. The normalized spacial score (nSPS) is 17.8. The van der Waals surface area contributed by atoms with Crippen LogP contribution in [-0.4, -0.2) is 49.4 Å². The van der Waals surface area contributed by atoms with E-state index in [1.165, 1.54) is 6.07 Å². The number of sulfonamides is 1. The topological polar surface area (TPSA) is 95.0 Å².